The van der Waals surface area contributed by atoms with Gasteiger partial charge in [-0.15, -0.1) is 22.7 Å². The number of aryl methyl sites for hydroxylation is 3. The zero-order chi connectivity index (χ0) is 65.8. The average Bonchev–Trinajstić information content (AvgIpc) is 1.62. The molecule has 0 aliphatic carbocycles. The fourth-order valence-corrected chi connectivity index (χ4v) is 11.4. The Hall–Kier alpha value is -9.62. The Kier molecular flexibility index (Phi) is 22.0. The number of aliphatic carboxylic acids is 1. The first-order valence-corrected chi connectivity index (χ1v) is 30.3. The normalized spacial score (nSPS) is 13.9. The van der Waals surface area contributed by atoms with Crippen LogP contribution in [0.5, 0.6) is 5.75 Å². The molecular weight excluding hydrogens is 1240 g/mol. The molecule has 0 saturated heterocycles. The lowest BCUT2D eigenvalue weighted by atomic mass is 9.97. The molecule has 8 aromatic heterocycles. The lowest BCUT2D eigenvalue weighted by molar-refractivity contribution is -0.162. The van der Waals surface area contributed by atoms with Crippen molar-refractivity contribution in [3.63, 3.8) is 0 Å². The molecule has 2 aliphatic rings. The van der Waals surface area contributed by atoms with E-state index in [0.717, 1.165) is 37.0 Å². The number of ketones is 1. The van der Waals surface area contributed by atoms with Crippen LogP contribution in [0.15, 0.2) is 104 Å². The third-order valence-corrected chi connectivity index (χ3v) is 16.7. The number of carboxylic acids is 1. The van der Waals surface area contributed by atoms with Crippen LogP contribution in [0.3, 0.4) is 0 Å². The van der Waals surface area contributed by atoms with Crippen LogP contribution in [0.25, 0.3) is 21.1 Å². The van der Waals surface area contributed by atoms with Crippen molar-refractivity contribution in [3.8, 4) is 26.9 Å². The Morgan fingerprint density at radius 1 is 0.692 bits per heavy atom. The van der Waals surface area contributed by atoms with Crippen LogP contribution in [-0.4, -0.2) is 153 Å². The number of carboxylic acid groups (broad SMARTS) is 1. The number of Topliss-reactive ketones (excluding diaryl/α,β-unsaturated/α-hetero) is 1. The zero-order valence-corrected chi connectivity index (χ0v) is 53.7. The highest BCUT2D eigenvalue weighted by Gasteiger charge is 2.38. The van der Waals surface area contributed by atoms with E-state index in [9.17, 15) is 33.5 Å². The van der Waals surface area contributed by atoms with Crippen LogP contribution < -0.4 is 26.4 Å². The molecule has 0 fully saturated rings. The van der Waals surface area contributed by atoms with Crippen molar-refractivity contribution in [1.29, 1.82) is 0 Å². The number of aliphatic hydroxyl groups is 1. The van der Waals surface area contributed by atoms with E-state index in [0.29, 0.717) is 82.8 Å². The fraction of sp³-hybridized carbons (Fsp3) is 0.333. The summed E-state index contributed by atoms with van der Waals surface area (Å²) in [6, 6.07) is 16.2. The van der Waals surface area contributed by atoms with Gasteiger partial charge in [-0.05, 0) is 89.6 Å². The Balaban J connectivity index is 0.000000243. The summed E-state index contributed by atoms with van der Waals surface area (Å²) < 4.78 is 28.1. The summed E-state index contributed by atoms with van der Waals surface area (Å²) in [6.07, 6.45) is 11.2. The maximum atomic E-state index is 13.4. The number of aromatic nitrogens is 12. The standard InChI is InChI=1S/C25H30N6O4S.C18H18N6O3S.C9H12FNO2.C8H8ClN5.3H2/c1-14(23(34)35-25(3,4)5)21(32)15(2)31-12-9-18-16(22(31)33)13-19(36-18)17-7-10-26-24(28-17)29-20-8-11-27-30(20)6;1-10(17(26)27)24-8-5-13-11(16(24)25)9-14(28-13)12-3-6-19-18(21-12)22-15-4-7-20-23(15)2;1-13-8-3-6(9(11)5-12)2-7(10)4-8;1-14-7(3-5-11-14)13-8-10-4-2-6(9)12-8;;;/h7-8,10-11,13-15H,9,12H2,1-6H3,(H,26,28,29);3-4,6-7,9-10H,5,8H2,1-2H3,(H,26,27)(H,19,21,22);2-4,9,12H,5,11H2,1H3;2-5H,1H3,(H,10,12,13);3*1H/t;;9-;;;;/m..1..../s1. The van der Waals surface area contributed by atoms with Gasteiger partial charge in [0, 0.05) is 104 Å². The van der Waals surface area contributed by atoms with Crippen molar-refractivity contribution >= 4 is 99.1 Å². The number of nitrogens with zero attached hydrogens (tertiary/aromatic N) is 14. The minimum Gasteiger partial charge on any atom is -0.497 e. The molecule has 0 radical (unpaired) electrons. The fourth-order valence-electron chi connectivity index (χ4n) is 9.06. The number of esters is 1. The van der Waals surface area contributed by atoms with Gasteiger partial charge in [0.1, 0.15) is 51.7 Å². The molecule has 484 valence electrons. The monoisotopic (exact) mass is 1310 g/mol. The molecule has 31 heteroatoms. The van der Waals surface area contributed by atoms with Crippen molar-refractivity contribution in [1.82, 2.24) is 69.0 Å². The zero-order valence-electron chi connectivity index (χ0n) is 51.3. The van der Waals surface area contributed by atoms with Crippen molar-refractivity contribution in [2.45, 2.75) is 78.1 Å². The van der Waals surface area contributed by atoms with Gasteiger partial charge in [0.2, 0.25) is 17.8 Å². The van der Waals surface area contributed by atoms with Gasteiger partial charge in [0.05, 0.1) is 76.7 Å². The molecule has 2 amide bonds. The van der Waals surface area contributed by atoms with Gasteiger partial charge in [0.25, 0.3) is 11.8 Å². The summed E-state index contributed by atoms with van der Waals surface area (Å²) in [5.41, 5.74) is 7.86. The summed E-state index contributed by atoms with van der Waals surface area (Å²) in [7, 11) is 6.90. The third-order valence-electron chi connectivity index (χ3n) is 14.0. The number of nitrogens with one attached hydrogen (secondary N) is 3. The first-order chi connectivity index (χ1) is 43.3. The van der Waals surface area contributed by atoms with Gasteiger partial charge in [-0.3, -0.25) is 33.2 Å². The second-order valence-corrected chi connectivity index (χ2v) is 24.2. The Morgan fingerprint density at radius 3 is 1.55 bits per heavy atom. The van der Waals surface area contributed by atoms with E-state index in [4.69, 9.17) is 31.9 Å². The van der Waals surface area contributed by atoms with E-state index in [-0.39, 0.29) is 28.5 Å². The maximum Gasteiger partial charge on any atom is 0.326 e. The second kappa shape index (κ2) is 29.8. The minimum atomic E-state index is -1.01. The first-order valence-electron chi connectivity index (χ1n) is 28.3. The summed E-state index contributed by atoms with van der Waals surface area (Å²) in [4.78, 5) is 94.9. The van der Waals surface area contributed by atoms with Gasteiger partial charge in [-0.2, -0.15) is 15.3 Å². The number of carbonyl (C=O) groups is 5. The number of rotatable bonds is 17. The molecule has 91 heavy (non-hydrogen) atoms. The lowest BCUT2D eigenvalue weighted by Gasteiger charge is -2.32. The number of methoxy groups -OCH3 is 1. The number of nitrogens with two attached hydrogens (primary N) is 1. The number of anilines is 6. The van der Waals surface area contributed by atoms with Gasteiger partial charge < -0.3 is 51.2 Å². The first kappa shape index (κ1) is 67.3. The maximum absolute atomic E-state index is 13.4. The molecular formula is C60H74ClFN18O9S2. The highest BCUT2D eigenvalue weighted by atomic mass is 35.5. The molecule has 0 saturated carbocycles. The van der Waals surface area contributed by atoms with Crippen molar-refractivity contribution < 1.29 is 52.3 Å². The van der Waals surface area contributed by atoms with E-state index in [1.165, 1.54) is 65.6 Å². The van der Waals surface area contributed by atoms with E-state index in [2.05, 4.69) is 61.2 Å². The molecule has 11 rings (SSSR count). The topological polar surface area (TPSA) is 344 Å². The number of hydrogen-bond acceptors (Lipinski definition) is 23. The Bertz CT molecular complexity index is 4070. The number of halogens is 2. The average molecular weight is 1310 g/mol. The highest BCUT2D eigenvalue weighted by Crippen LogP contribution is 2.37. The molecule has 3 unspecified atom stereocenters. The van der Waals surface area contributed by atoms with E-state index in [1.807, 2.05) is 45.4 Å². The van der Waals surface area contributed by atoms with E-state index in [1.54, 1.807) is 109 Å². The van der Waals surface area contributed by atoms with Crippen molar-refractivity contribution in [3.05, 3.63) is 141 Å². The largest absolute Gasteiger partial charge is 0.497 e. The number of hydrogen-bond donors (Lipinski definition) is 6. The van der Waals surface area contributed by atoms with Crippen molar-refractivity contribution in [2.24, 2.45) is 32.8 Å². The summed E-state index contributed by atoms with van der Waals surface area (Å²) in [5.74, 6) is 0.265. The molecule has 27 nitrogen and oxygen atoms in total. The van der Waals surface area contributed by atoms with Gasteiger partial charge >= 0.3 is 11.9 Å². The highest BCUT2D eigenvalue weighted by molar-refractivity contribution is 7.16. The van der Waals surface area contributed by atoms with Gasteiger partial charge in [-0.1, -0.05) is 11.6 Å². The summed E-state index contributed by atoms with van der Waals surface area (Å²) in [6.45, 7) is 10.6. The quantitative estimate of drug-likeness (QED) is 0.0281. The van der Waals surface area contributed by atoms with Crippen LogP contribution in [0.1, 0.15) is 87.9 Å². The number of carbonyl (C=O) groups excluding carboxylic acids is 4. The predicted molar refractivity (Wildman–Crippen MR) is 347 cm³/mol. The molecule has 1 aromatic carbocycles. The number of thiophene rings is 2. The number of benzene rings is 1. The number of amides is 2. The molecule has 0 spiro atoms. The van der Waals surface area contributed by atoms with Crippen LogP contribution in [0, 0.1) is 11.7 Å². The number of aliphatic hydroxyl groups excluding tert-OH is 1. The number of fused-ring (bicyclic) bond motifs is 2. The molecule has 10 heterocycles. The number of ether oxygens (including phenoxy) is 2. The predicted octanol–water partition coefficient (Wildman–Crippen LogP) is 8.94. The van der Waals surface area contributed by atoms with Crippen LogP contribution in [0.2, 0.25) is 5.15 Å². The minimum absolute atomic E-state index is 0. The molecule has 0 bridgehead atoms. The third kappa shape index (κ3) is 17.2. The summed E-state index contributed by atoms with van der Waals surface area (Å²) >= 11 is 8.72. The molecule has 4 atom stereocenters. The Labute approximate surface area is 539 Å². The lowest BCUT2D eigenvalue weighted by Crippen LogP contribution is -2.49. The second-order valence-electron chi connectivity index (χ2n) is 21.6. The molecule has 2 aliphatic heterocycles. The van der Waals surface area contributed by atoms with Crippen LogP contribution in [0.4, 0.5) is 39.7 Å². The summed E-state index contributed by atoms with van der Waals surface area (Å²) in [5, 5.41) is 39.8. The van der Waals surface area contributed by atoms with Gasteiger partial charge in [-0.25, -0.2) is 39.1 Å². The molecule has 9 aromatic rings. The van der Waals surface area contributed by atoms with Crippen LogP contribution >= 0.6 is 34.3 Å². The Morgan fingerprint density at radius 2 is 1.14 bits per heavy atom. The smallest absolute Gasteiger partial charge is 0.326 e. The van der Waals surface area contributed by atoms with E-state index < -0.39 is 47.4 Å². The van der Waals surface area contributed by atoms with Gasteiger partial charge in [0.15, 0.2) is 5.78 Å². The van der Waals surface area contributed by atoms with Crippen LogP contribution in [-0.2, 0) is 53.1 Å². The molecule has 7 N–H and O–H groups in total. The SMILES string of the molecule is CC(C(=O)O)N1CCc2sc(-c3ccnc(Nc4ccnn4C)n3)cc2C1=O.CC(C(=O)OC(C)(C)C)C(=O)C(C)N1CCc2sc(-c3ccnc(Nc4ccnn4C)n3)cc2C1=O.COc1cc(F)cc([C@H](N)CO)c1.Cn1nccc1Nc1nccc(Cl)n1.[HH].[HH].[HH]. The van der Waals surface area contributed by atoms with E-state index >= 15 is 0 Å². The van der Waals surface area contributed by atoms with Crippen molar-refractivity contribution in [2.75, 3.05) is 42.8 Å².